The highest BCUT2D eigenvalue weighted by Crippen LogP contribution is 2.09. The number of rotatable bonds is 11. The highest BCUT2D eigenvalue weighted by molar-refractivity contribution is 5.94. The molecular formula is C16H30N4O7. The summed E-state index contributed by atoms with van der Waals surface area (Å²) in [5.74, 6) is -4.01. The largest absolute Gasteiger partial charge is 0.480 e. The third-order valence-corrected chi connectivity index (χ3v) is 4.12. The summed E-state index contributed by atoms with van der Waals surface area (Å²) in [7, 11) is 0. The van der Waals surface area contributed by atoms with E-state index in [0.717, 1.165) is 0 Å². The van der Waals surface area contributed by atoms with Crippen LogP contribution in [0.25, 0.3) is 0 Å². The molecule has 156 valence electrons. The van der Waals surface area contributed by atoms with Crippen molar-refractivity contribution in [3.05, 3.63) is 0 Å². The predicted octanol–water partition coefficient (Wildman–Crippen LogP) is -2.71. The van der Waals surface area contributed by atoms with Crippen molar-refractivity contribution in [1.82, 2.24) is 16.0 Å². The van der Waals surface area contributed by atoms with Crippen LogP contribution in [0.5, 0.6) is 0 Å². The standard InChI is InChI=1S/C16H30N4O7/c1-5-7(2)11(16(26)27)19-15(25)12(9(4)22)20-13(23)8(3)18-14(24)10(17)6-21/h7-12,21-22H,5-6,17H2,1-4H3,(H,18,24)(H,19,25)(H,20,23)(H,26,27). The Kier molecular flexibility index (Phi) is 10.5. The number of nitrogens with two attached hydrogens (primary N) is 1. The molecule has 27 heavy (non-hydrogen) atoms. The number of carboxylic acid groups (broad SMARTS) is 1. The molecule has 0 aliphatic rings. The van der Waals surface area contributed by atoms with E-state index in [1.807, 2.05) is 0 Å². The molecule has 6 unspecified atom stereocenters. The summed E-state index contributed by atoms with van der Waals surface area (Å²) in [5, 5.41) is 34.7. The third kappa shape index (κ3) is 7.89. The molecule has 11 nitrogen and oxygen atoms in total. The lowest BCUT2D eigenvalue weighted by molar-refractivity contribution is -0.144. The van der Waals surface area contributed by atoms with Gasteiger partial charge in [0.05, 0.1) is 12.7 Å². The van der Waals surface area contributed by atoms with Gasteiger partial charge in [0.2, 0.25) is 17.7 Å². The molecule has 0 saturated heterocycles. The van der Waals surface area contributed by atoms with E-state index in [9.17, 15) is 29.4 Å². The van der Waals surface area contributed by atoms with E-state index >= 15 is 0 Å². The van der Waals surface area contributed by atoms with Crippen LogP contribution in [-0.2, 0) is 19.2 Å². The van der Waals surface area contributed by atoms with Crippen molar-refractivity contribution in [3.8, 4) is 0 Å². The molecule has 0 aromatic rings. The average Bonchev–Trinajstić information content (AvgIpc) is 2.61. The number of hydrogen-bond donors (Lipinski definition) is 7. The van der Waals surface area contributed by atoms with Crippen LogP contribution in [0.3, 0.4) is 0 Å². The zero-order chi connectivity index (χ0) is 21.3. The van der Waals surface area contributed by atoms with Crippen molar-refractivity contribution < 1.29 is 34.5 Å². The highest BCUT2D eigenvalue weighted by atomic mass is 16.4. The molecule has 0 aliphatic heterocycles. The number of amides is 3. The highest BCUT2D eigenvalue weighted by Gasteiger charge is 2.33. The van der Waals surface area contributed by atoms with E-state index in [-0.39, 0.29) is 5.92 Å². The summed E-state index contributed by atoms with van der Waals surface area (Å²) in [6, 6.07) is -4.91. The number of carbonyl (C=O) groups is 4. The van der Waals surface area contributed by atoms with Gasteiger partial charge in [0.1, 0.15) is 24.2 Å². The van der Waals surface area contributed by atoms with Crippen LogP contribution < -0.4 is 21.7 Å². The molecular weight excluding hydrogens is 360 g/mol. The van der Waals surface area contributed by atoms with E-state index in [1.165, 1.54) is 13.8 Å². The fourth-order valence-corrected chi connectivity index (χ4v) is 2.08. The van der Waals surface area contributed by atoms with Crippen molar-refractivity contribution in [1.29, 1.82) is 0 Å². The lowest BCUT2D eigenvalue weighted by atomic mass is 9.98. The van der Waals surface area contributed by atoms with Crippen molar-refractivity contribution in [2.45, 2.75) is 64.4 Å². The predicted molar refractivity (Wildman–Crippen MR) is 95.3 cm³/mol. The van der Waals surface area contributed by atoms with Crippen LogP contribution >= 0.6 is 0 Å². The lowest BCUT2D eigenvalue weighted by Gasteiger charge is -2.26. The van der Waals surface area contributed by atoms with E-state index < -0.39 is 60.6 Å². The Morgan fingerprint density at radius 1 is 0.926 bits per heavy atom. The summed E-state index contributed by atoms with van der Waals surface area (Å²) >= 11 is 0. The van der Waals surface area contributed by atoms with E-state index in [1.54, 1.807) is 13.8 Å². The SMILES string of the molecule is CCC(C)C(NC(=O)C(NC(=O)C(C)NC(=O)C(N)CO)C(C)O)C(=O)O. The molecule has 0 heterocycles. The third-order valence-electron chi connectivity index (χ3n) is 4.12. The van der Waals surface area contributed by atoms with E-state index in [0.29, 0.717) is 6.42 Å². The van der Waals surface area contributed by atoms with Crippen LogP contribution in [0.4, 0.5) is 0 Å². The number of carbonyl (C=O) groups excluding carboxylic acids is 3. The molecule has 0 radical (unpaired) electrons. The number of carboxylic acids is 1. The summed E-state index contributed by atoms with van der Waals surface area (Å²) in [5.41, 5.74) is 5.33. The number of hydrogen-bond acceptors (Lipinski definition) is 7. The van der Waals surface area contributed by atoms with Gasteiger partial charge in [0.25, 0.3) is 0 Å². The van der Waals surface area contributed by atoms with Gasteiger partial charge in [0, 0.05) is 0 Å². The Bertz CT molecular complexity index is 541. The number of aliphatic hydroxyl groups is 2. The Morgan fingerprint density at radius 3 is 1.85 bits per heavy atom. The molecule has 0 aromatic heterocycles. The maximum Gasteiger partial charge on any atom is 0.326 e. The van der Waals surface area contributed by atoms with Gasteiger partial charge in [-0.15, -0.1) is 0 Å². The normalized spacial score (nSPS) is 17.6. The van der Waals surface area contributed by atoms with Gasteiger partial charge in [-0.2, -0.15) is 0 Å². The Balaban J connectivity index is 5.06. The monoisotopic (exact) mass is 390 g/mol. The molecule has 0 bridgehead atoms. The first-order valence-corrected chi connectivity index (χ1v) is 8.64. The Labute approximate surface area is 157 Å². The van der Waals surface area contributed by atoms with E-state index in [2.05, 4.69) is 16.0 Å². The Morgan fingerprint density at radius 2 is 1.44 bits per heavy atom. The van der Waals surface area contributed by atoms with E-state index in [4.69, 9.17) is 10.8 Å². The summed E-state index contributed by atoms with van der Waals surface area (Å²) < 4.78 is 0. The van der Waals surface area contributed by atoms with Crippen molar-refractivity contribution >= 4 is 23.7 Å². The maximum atomic E-state index is 12.4. The fourth-order valence-electron chi connectivity index (χ4n) is 2.08. The summed E-state index contributed by atoms with van der Waals surface area (Å²) in [6.45, 7) is 5.40. The quantitative estimate of drug-likeness (QED) is 0.198. The second kappa shape index (κ2) is 11.5. The van der Waals surface area contributed by atoms with Crippen LogP contribution in [0.2, 0.25) is 0 Å². The number of aliphatic carboxylic acids is 1. The first-order valence-electron chi connectivity index (χ1n) is 8.64. The van der Waals surface area contributed by atoms with Gasteiger partial charge in [-0.05, 0) is 19.8 Å². The van der Waals surface area contributed by atoms with Crippen LogP contribution in [0, 0.1) is 5.92 Å². The molecule has 3 amide bonds. The first kappa shape index (κ1) is 24.8. The average molecular weight is 390 g/mol. The van der Waals surface area contributed by atoms with Gasteiger partial charge in [-0.1, -0.05) is 20.3 Å². The zero-order valence-corrected chi connectivity index (χ0v) is 15.9. The lowest BCUT2D eigenvalue weighted by Crippen LogP contribution is -2.60. The number of aliphatic hydroxyl groups excluding tert-OH is 2. The molecule has 0 spiro atoms. The van der Waals surface area contributed by atoms with Gasteiger partial charge in [-0.25, -0.2) is 4.79 Å². The smallest absolute Gasteiger partial charge is 0.326 e. The maximum absolute atomic E-state index is 12.4. The van der Waals surface area contributed by atoms with Crippen molar-refractivity contribution in [3.63, 3.8) is 0 Å². The molecule has 11 heteroatoms. The van der Waals surface area contributed by atoms with Crippen LogP contribution in [-0.4, -0.2) is 75.9 Å². The second-order valence-electron chi connectivity index (χ2n) is 6.46. The van der Waals surface area contributed by atoms with Crippen molar-refractivity contribution in [2.24, 2.45) is 11.7 Å². The number of nitrogens with one attached hydrogen (secondary N) is 3. The topological polar surface area (TPSA) is 191 Å². The minimum Gasteiger partial charge on any atom is -0.480 e. The minimum atomic E-state index is -1.42. The van der Waals surface area contributed by atoms with Crippen LogP contribution in [0.15, 0.2) is 0 Å². The summed E-state index contributed by atoms with van der Waals surface area (Å²) in [6.07, 6.45) is -0.820. The molecule has 0 aliphatic carbocycles. The molecule has 0 aromatic carbocycles. The van der Waals surface area contributed by atoms with Gasteiger partial charge >= 0.3 is 5.97 Å². The van der Waals surface area contributed by atoms with Gasteiger partial charge in [-0.3, -0.25) is 14.4 Å². The molecule has 6 atom stereocenters. The van der Waals surface area contributed by atoms with Gasteiger partial charge < -0.3 is 37.0 Å². The summed E-state index contributed by atoms with van der Waals surface area (Å²) in [4.78, 5) is 47.5. The molecule has 0 fully saturated rings. The van der Waals surface area contributed by atoms with Gasteiger partial charge in [0.15, 0.2) is 0 Å². The minimum absolute atomic E-state index is 0.366. The fraction of sp³-hybridized carbons (Fsp3) is 0.750. The van der Waals surface area contributed by atoms with Crippen molar-refractivity contribution in [2.75, 3.05) is 6.61 Å². The first-order chi connectivity index (χ1) is 12.5. The molecule has 8 N–H and O–H groups in total. The zero-order valence-electron chi connectivity index (χ0n) is 15.9. The Hall–Kier alpha value is -2.24. The molecule has 0 rings (SSSR count). The molecule has 0 saturated carbocycles. The second-order valence-corrected chi connectivity index (χ2v) is 6.46. The van der Waals surface area contributed by atoms with Crippen LogP contribution in [0.1, 0.15) is 34.1 Å².